The van der Waals surface area contributed by atoms with Crippen molar-refractivity contribution in [2.24, 2.45) is 0 Å². The lowest BCUT2D eigenvalue weighted by Gasteiger charge is -2.20. The summed E-state index contributed by atoms with van der Waals surface area (Å²) in [6, 6.07) is 7.65. The van der Waals surface area contributed by atoms with Crippen LogP contribution in [-0.4, -0.2) is 41.9 Å². The largest absolute Gasteiger partial charge is 0.480 e. The lowest BCUT2D eigenvalue weighted by Crippen LogP contribution is -2.46. The van der Waals surface area contributed by atoms with Crippen molar-refractivity contribution < 1.29 is 23.1 Å². The van der Waals surface area contributed by atoms with Gasteiger partial charge in [0.05, 0.1) is 4.75 Å². The van der Waals surface area contributed by atoms with Crippen LogP contribution in [0.1, 0.15) is 26.3 Å². The summed E-state index contributed by atoms with van der Waals surface area (Å²) in [4.78, 5) is 23.1. The fraction of sp³-hybridized carbons (Fsp3) is 0.467. The number of carbonyl (C=O) groups is 2. The van der Waals surface area contributed by atoms with Gasteiger partial charge >= 0.3 is 5.97 Å². The molecule has 2 N–H and O–H groups in total. The van der Waals surface area contributed by atoms with Gasteiger partial charge in [0.25, 0.3) is 0 Å². The molecule has 0 aliphatic rings. The highest BCUT2D eigenvalue weighted by atomic mass is 32.2. The predicted octanol–water partition coefficient (Wildman–Crippen LogP) is 1.01. The van der Waals surface area contributed by atoms with Gasteiger partial charge < -0.3 is 10.4 Å². The fourth-order valence-corrected chi connectivity index (χ4v) is 2.54. The van der Waals surface area contributed by atoms with Gasteiger partial charge in [-0.2, -0.15) is 0 Å². The first-order valence-corrected chi connectivity index (χ1v) is 8.46. The van der Waals surface area contributed by atoms with E-state index in [0.717, 1.165) is 5.56 Å². The van der Waals surface area contributed by atoms with Crippen molar-refractivity contribution >= 4 is 21.7 Å². The summed E-state index contributed by atoms with van der Waals surface area (Å²) in [7, 11) is -3.65. The van der Waals surface area contributed by atoms with E-state index in [-0.39, 0.29) is 6.42 Å². The van der Waals surface area contributed by atoms with Gasteiger partial charge in [0.15, 0.2) is 9.84 Å². The molecular weight excluding hydrogens is 306 g/mol. The number of carboxylic acids is 1. The van der Waals surface area contributed by atoms with Crippen molar-refractivity contribution in [3.05, 3.63) is 35.9 Å². The summed E-state index contributed by atoms with van der Waals surface area (Å²) in [5.74, 6) is -2.74. The molecule has 0 aliphatic carbocycles. The molecular formula is C15H21NO5S. The maximum Gasteiger partial charge on any atom is 0.326 e. The summed E-state index contributed by atoms with van der Waals surface area (Å²) < 4.78 is 22.9. The van der Waals surface area contributed by atoms with Crippen LogP contribution in [-0.2, 0) is 25.8 Å². The first kappa shape index (κ1) is 18.2. The van der Waals surface area contributed by atoms with Gasteiger partial charge in [-0.15, -0.1) is 0 Å². The van der Waals surface area contributed by atoms with Crippen LogP contribution >= 0.6 is 0 Å². The van der Waals surface area contributed by atoms with Crippen molar-refractivity contribution in [3.63, 3.8) is 0 Å². The number of amides is 1. The summed E-state index contributed by atoms with van der Waals surface area (Å²) in [5.41, 5.74) is 0.744. The Morgan fingerprint density at radius 1 is 1.18 bits per heavy atom. The zero-order valence-electron chi connectivity index (χ0n) is 12.9. The zero-order chi connectivity index (χ0) is 17.0. The van der Waals surface area contributed by atoms with Crippen LogP contribution < -0.4 is 5.32 Å². The first-order chi connectivity index (χ1) is 10.0. The second kappa shape index (κ2) is 6.91. The molecule has 0 saturated heterocycles. The minimum absolute atomic E-state index is 0.0947. The minimum atomic E-state index is -3.65. The highest BCUT2D eigenvalue weighted by molar-refractivity contribution is 7.93. The van der Waals surface area contributed by atoms with Crippen molar-refractivity contribution in [1.82, 2.24) is 5.32 Å². The Kier molecular flexibility index (Phi) is 5.71. The van der Waals surface area contributed by atoms with Gasteiger partial charge in [-0.05, 0) is 26.3 Å². The average molecular weight is 327 g/mol. The van der Waals surface area contributed by atoms with Crippen LogP contribution in [0.3, 0.4) is 0 Å². The summed E-state index contributed by atoms with van der Waals surface area (Å²) >= 11 is 0. The maximum atomic E-state index is 12.0. The third kappa shape index (κ3) is 5.14. The number of nitrogens with one attached hydrogen (secondary N) is 1. The van der Waals surface area contributed by atoms with E-state index in [1.54, 1.807) is 30.3 Å². The highest BCUT2D eigenvalue weighted by Gasteiger charge is 2.32. The molecule has 1 amide bonds. The van der Waals surface area contributed by atoms with E-state index in [0.29, 0.717) is 0 Å². The Labute approximate surface area is 130 Å². The molecule has 0 heterocycles. The van der Waals surface area contributed by atoms with Gasteiger partial charge in [-0.25, -0.2) is 13.2 Å². The third-order valence-electron chi connectivity index (χ3n) is 3.17. The second-order valence-electron chi connectivity index (χ2n) is 6.02. The smallest absolute Gasteiger partial charge is 0.326 e. The monoisotopic (exact) mass is 327 g/mol. The Balaban J connectivity index is 2.76. The molecule has 0 radical (unpaired) electrons. The van der Waals surface area contributed by atoms with Crippen LogP contribution in [0.2, 0.25) is 0 Å². The number of benzene rings is 1. The Morgan fingerprint density at radius 2 is 1.73 bits per heavy atom. The van der Waals surface area contributed by atoms with E-state index in [1.807, 2.05) is 0 Å². The van der Waals surface area contributed by atoms with E-state index in [9.17, 15) is 23.1 Å². The number of rotatable bonds is 6. The van der Waals surface area contributed by atoms with Gasteiger partial charge in [0, 0.05) is 6.42 Å². The average Bonchev–Trinajstić information content (AvgIpc) is 2.37. The molecule has 1 aromatic carbocycles. The number of aliphatic carboxylic acids is 1. The van der Waals surface area contributed by atoms with Crippen molar-refractivity contribution in [2.45, 2.75) is 38.0 Å². The van der Waals surface area contributed by atoms with Crippen molar-refractivity contribution in [2.75, 3.05) is 5.75 Å². The number of carbonyl (C=O) groups excluding carboxylic acids is 1. The van der Waals surface area contributed by atoms with Crippen LogP contribution in [0, 0.1) is 0 Å². The van der Waals surface area contributed by atoms with E-state index < -0.39 is 38.3 Å². The maximum absolute atomic E-state index is 12.0. The molecule has 7 heteroatoms. The van der Waals surface area contributed by atoms with Crippen LogP contribution in [0.5, 0.6) is 0 Å². The minimum Gasteiger partial charge on any atom is -0.480 e. The van der Waals surface area contributed by atoms with E-state index in [4.69, 9.17) is 0 Å². The lowest BCUT2D eigenvalue weighted by atomic mass is 10.1. The molecule has 0 aromatic heterocycles. The SMILES string of the molecule is CC(C)(C)S(=O)(=O)CC(=O)N[C@H](Cc1ccccc1)C(=O)O. The predicted molar refractivity (Wildman–Crippen MR) is 83.3 cm³/mol. The molecule has 1 atom stereocenters. The fourth-order valence-electron chi connectivity index (χ4n) is 1.67. The first-order valence-electron chi connectivity index (χ1n) is 6.81. The molecule has 0 fully saturated rings. The molecule has 0 aliphatic heterocycles. The number of hydrogen-bond acceptors (Lipinski definition) is 4. The second-order valence-corrected chi connectivity index (χ2v) is 8.76. The van der Waals surface area contributed by atoms with E-state index >= 15 is 0 Å². The molecule has 0 bridgehead atoms. The highest BCUT2D eigenvalue weighted by Crippen LogP contribution is 2.15. The zero-order valence-corrected chi connectivity index (χ0v) is 13.7. The third-order valence-corrected chi connectivity index (χ3v) is 5.68. The van der Waals surface area contributed by atoms with E-state index in [1.165, 1.54) is 20.8 Å². The summed E-state index contributed by atoms with van der Waals surface area (Å²) in [6.07, 6.45) is 0.0947. The van der Waals surface area contributed by atoms with Gasteiger partial charge in [0.2, 0.25) is 5.91 Å². The quantitative estimate of drug-likeness (QED) is 0.812. The van der Waals surface area contributed by atoms with Crippen LogP contribution in [0.15, 0.2) is 30.3 Å². The van der Waals surface area contributed by atoms with Crippen LogP contribution in [0.4, 0.5) is 0 Å². The molecule has 1 rings (SSSR count). The van der Waals surface area contributed by atoms with E-state index in [2.05, 4.69) is 5.32 Å². The molecule has 122 valence electrons. The molecule has 0 spiro atoms. The topological polar surface area (TPSA) is 101 Å². The number of hydrogen-bond donors (Lipinski definition) is 2. The normalized spacial score (nSPS) is 13.4. The number of carboxylic acid groups (broad SMARTS) is 1. The van der Waals surface area contributed by atoms with Gasteiger partial charge in [-0.1, -0.05) is 30.3 Å². The lowest BCUT2D eigenvalue weighted by molar-refractivity contribution is -0.141. The number of sulfone groups is 1. The van der Waals surface area contributed by atoms with Gasteiger partial charge in [0.1, 0.15) is 11.8 Å². The van der Waals surface area contributed by atoms with Crippen molar-refractivity contribution in [1.29, 1.82) is 0 Å². The molecule has 22 heavy (non-hydrogen) atoms. The Bertz CT molecular complexity index is 632. The van der Waals surface area contributed by atoms with Crippen LogP contribution in [0.25, 0.3) is 0 Å². The summed E-state index contributed by atoms with van der Waals surface area (Å²) in [6.45, 7) is 4.48. The Hall–Kier alpha value is -1.89. The standard InChI is InChI=1S/C15H21NO5S/c1-15(2,3)22(20,21)10-13(17)16-12(14(18)19)9-11-7-5-4-6-8-11/h4-8,12H,9-10H2,1-3H3,(H,16,17)(H,18,19)/t12-/m1/s1. The molecule has 0 unspecified atom stereocenters. The van der Waals surface area contributed by atoms with Gasteiger partial charge in [-0.3, -0.25) is 4.79 Å². The Morgan fingerprint density at radius 3 is 2.18 bits per heavy atom. The van der Waals surface area contributed by atoms with Crippen molar-refractivity contribution in [3.8, 4) is 0 Å². The molecule has 1 aromatic rings. The summed E-state index contributed by atoms with van der Waals surface area (Å²) in [5, 5.41) is 11.5. The molecule has 0 saturated carbocycles. The molecule has 6 nitrogen and oxygen atoms in total.